The van der Waals surface area contributed by atoms with Crippen LogP contribution in [0.4, 0.5) is 0 Å². The molecule has 4 rings (SSSR count). The Bertz CT molecular complexity index is 880. The third kappa shape index (κ3) is 4.99. The Hall–Kier alpha value is -2.38. The fourth-order valence-corrected chi connectivity index (χ4v) is 4.96. The molecule has 2 aliphatic heterocycles. The van der Waals surface area contributed by atoms with Gasteiger partial charge in [-0.3, -0.25) is 9.59 Å². The first-order valence-electron chi connectivity index (χ1n) is 11.7. The maximum Gasteiger partial charge on any atom is 0.251 e. The van der Waals surface area contributed by atoms with Crippen LogP contribution in [-0.2, 0) is 20.9 Å². The summed E-state index contributed by atoms with van der Waals surface area (Å²) < 4.78 is 10.5. The summed E-state index contributed by atoms with van der Waals surface area (Å²) in [5, 5.41) is 6.57. The summed E-state index contributed by atoms with van der Waals surface area (Å²) >= 11 is 0. The summed E-state index contributed by atoms with van der Waals surface area (Å²) in [5.41, 5.74) is 3.02. The largest absolute Gasteiger partial charge is 0.496 e. The molecule has 7 heteroatoms. The summed E-state index contributed by atoms with van der Waals surface area (Å²) in [4.78, 5) is 28.4. The third-order valence-electron chi connectivity index (χ3n) is 6.95. The van der Waals surface area contributed by atoms with Crippen LogP contribution in [0.3, 0.4) is 0 Å². The van der Waals surface area contributed by atoms with Gasteiger partial charge < -0.3 is 25.0 Å². The molecule has 2 bridgehead atoms. The lowest BCUT2D eigenvalue weighted by atomic mass is 9.79. The van der Waals surface area contributed by atoms with Crippen molar-refractivity contribution in [2.45, 2.75) is 63.7 Å². The van der Waals surface area contributed by atoms with Crippen LogP contribution in [0.15, 0.2) is 29.8 Å². The van der Waals surface area contributed by atoms with E-state index in [0.29, 0.717) is 32.2 Å². The SMILES string of the molecule is COCCNC(=O)C1CC2CC=C(C(=O)N(Cc3cccc(OC)c3C)C3CC3)C(C1)N2. The van der Waals surface area contributed by atoms with Crippen LogP contribution in [0.1, 0.15) is 43.2 Å². The van der Waals surface area contributed by atoms with Crippen LogP contribution in [0.25, 0.3) is 0 Å². The zero-order valence-electron chi connectivity index (χ0n) is 19.4. The molecule has 2 heterocycles. The topological polar surface area (TPSA) is 79.9 Å². The van der Waals surface area contributed by atoms with Crippen LogP contribution in [0.5, 0.6) is 5.75 Å². The second-order valence-corrected chi connectivity index (χ2v) is 9.17. The summed E-state index contributed by atoms with van der Waals surface area (Å²) in [5.74, 6) is 0.945. The lowest BCUT2D eigenvalue weighted by Gasteiger charge is -2.40. The van der Waals surface area contributed by atoms with Gasteiger partial charge >= 0.3 is 0 Å². The quantitative estimate of drug-likeness (QED) is 0.575. The Morgan fingerprint density at radius 3 is 2.75 bits per heavy atom. The van der Waals surface area contributed by atoms with Gasteiger partial charge in [0.25, 0.3) is 5.91 Å². The average molecular weight is 442 g/mol. The lowest BCUT2D eigenvalue weighted by molar-refractivity contribution is -0.130. The molecule has 7 nitrogen and oxygen atoms in total. The van der Waals surface area contributed by atoms with E-state index in [1.54, 1.807) is 14.2 Å². The van der Waals surface area contributed by atoms with Gasteiger partial charge in [0.1, 0.15) is 5.75 Å². The minimum atomic E-state index is -0.0744. The lowest BCUT2D eigenvalue weighted by Crippen LogP contribution is -2.54. The Morgan fingerprint density at radius 2 is 2.03 bits per heavy atom. The fraction of sp³-hybridized carbons (Fsp3) is 0.600. The van der Waals surface area contributed by atoms with Crippen molar-refractivity contribution in [3.8, 4) is 5.75 Å². The molecule has 2 amide bonds. The monoisotopic (exact) mass is 441 g/mol. The Labute approximate surface area is 190 Å². The standard InChI is InChI=1S/C25H35N3O4/c1-16-17(5-4-6-23(16)32-3)15-28(20-8-9-20)25(30)21-10-7-19-13-18(14-22(21)27-19)24(29)26-11-12-31-2/h4-6,10,18-20,22,27H,7-9,11-15H2,1-3H3,(H,26,29). The molecule has 0 aromatic heterocycles. The summed E-state index contributed by atoms with van der Waals surface area (Å²) in [7, 11) is 3.30. The van der Waals surface area contributed by atoms with E-state index in [9.17, 15) is 9.59 Å². The van der Waals surface area contributed by atoms with E-state index in [0.717, 1.165) is 48.1 Å². The highest BCUT2D eigenvalue weighted by atomic mass is 16.5. The van der Waals surface area contributed by atoms with E-state index in [1.807, 2.05) is 24.0 Å². The predicted molar refractivity (Wildman–Crippen MR) is 122 cm³/mol. The molecule has 174 valence electrons. The summed E-state index contributed by atoms with van der Waals surface area (Å²) in [6, 6.07) is 6.49. The van der Waals surface area contributed by atoms with E-state index in [4.69, 9.17) is 9.47 Å². The number of hydrogen-bond acceptors (Lipinski definition) is 5. The van der Waals surface area contributed by atoms with Gasteiger partial charge in [0, 0.05) is 49.8 Å². The minimum Gasteiger partial charge on any atom is -0.496 e. The number of fused-ring (bicyclic) bond motifs is 2. The fourth-order valence-electron chi connectivity index (χ4n) is 4.96. The minimum absolute atomic E-state index is 0.0679. The highest BCUT2D eigenvalue weighted by Gasteiger charge is 2.41. The van der Waals surface area contributed by atoms with Gasteiger partial charge in [0.15, 0.2) is 0 Å². The number of ether oxygens (including phenoxy) is 2. The molecule has 3 atom stereocenters. The van der Waals surface area contributed by atoms with Gasteiger partial charge in [-0.1, -0.05) is 18.2 Å². The zero-order valence-corrected chi connectivity index (χ0v) is 19.4. The number of methoxy groups -OCH3 is 2. The molecule has 0 spiro atoms. The van der Waals surface area contributed by atoms with Crippen LogP contribution in [-0.4, -0.2) is 62.2 Å². The van der Waals surface area contributed by atoms with Gasteiger partial charge in [-0.05, 0) is 56.2 Å². The number of amides is 2. The first-order valence-corrected chi connectivity index (χ1v) is 11.7. The number of nitrogens with one attached hydrogen (secondary N) is 2. The van der Waals surface area contributed by atoms with E-state index < -0.39 is 0 Å². The first-order chi connectivity index (χ1) is 15.5. The van der Waals surface area contributed by atoms with Crippen molar-refractivity contribution in [1.82, 2.24) is 15.5 Å². The van der Waals surface area contributed by atoms with Crippen LogP contribution < -0.4 is 15.4 Å². The second kappa shape index (κ2) is 10.0. The Kier molecular flexibility index (Phi) is 7.16. The van der Waals surface area contributed by atoms with Crippen molar-refractivity contribution >= 4 is 11.8 Å². The van der Waals surface area contributed by atoms with Crippen molar-refractivity contribution in [3.05, 3.63) is 41.0 Å². The number of nitrogens with zero attached hydrogens (tertiary/aromatic N) is 1. The molecule has 0 radical (unpaired) electrons. The average Bonchev–Trinajstić information content (AvgIpc) is 3.63. The molecular weight excluding hydrogens is 406 g/mol. The van der Waals surface area contributed by atoms with Crippen molar-refractivity contribution in [2.75, 3.05) is 27.4 Å². The van der Waals surface area contributed by atoms with Crippen molar-refractivity contribution < 1.29 is 19.1 Å². The molecule has 3 unspecified atom stereocenters. The van der Waals surface area contributed by atoms with Gasteiger partial charge in [-0.2, -0.15) is 0 Å². The molecule has 2 N–H and O–H groups in total. The van der Waals surface area contributed by atoms with Crippen LogP contribution >= 0.6 is 0 Å². The van der Waals surface area contributed by atoms with Crippen molar-refractivity contribution in [3.63, 3.8) is 0 Å². The first kappa shape index (κ1) is 22.8. The van der Waals surface area contributed by atoms with Crippen LogP contribution in [0.2, 0.25) is 0 Å². The molecule has 1 aromatic rings. The highest BCUT2D eigenvalue weighted by molar-refractivity contribution is 5.95. The summed E-state index contributed by atoms with van der Waals surface area (Å²) in [6.45, 7) is 3.66. The second-order valence-electron chi connectivity index (χ2n) is 9.17. The molecule has 1 saturated carbocycles. The number of benzene rings is 1. The molecule has 1 saturated heterocycles. The van der Waals surface area contributed by atoms with E-state index >= 15 is 0 Å². The zero-order chi connectivity index (χ0) is 22.7. The number of piperidine rings is 1. The number of rotatable bonds is 9. The molecule has 2 fully saturated rings. The normalized spacial score (nSPS) is 24.5. The maximum atomic E-state index is 13.7. The smallest absolute Gasteiger partial charge is 0.251 e. The van der Waals surface area contributed by atoms with Gasteiger partial charge in [-0.25, -0.2) is 0 Å². The molecule has 32 heavy (non-hydrogen) atoms. The van der Waals surface area contributed by atoms with E-state index in [2.05, 4.69) is 22.8 Å². The maximum absolute atomic E-state index is 13.7. The molecular formula is C25H35N3O4. The van der Waals surface area contributed by atoms with E-state index in [1.165, 1.54) is 0 Å². The number of carbonyl (C=O) groups excluding carboxylic acids is 2. The third-order valence-corrected chi connectivity index (χ3v) is 6.95. The highest BCUT2D eigenvalue weighted by Crippen LogP contribution is 2.35. The van der Waals surface area contributed by atoms with Crippen molar-refractivity contribution in [2.24, 2.45) is 5.92 Å². The van der Waals surface area contributed by atoms with Gasteiger partial charge in [-0.15, -0.1) is 0 Å². The van der Waals surface area contributed by atoms with Crippen LogP contribution in [0, 0.1) is 12.8 Å². The summed E-state index contributed by atoms with van der Waals surface area (Å²) in [6.07, 6.45) is 6.46. The Morgan fingerprint density at radius 1 is 1.22 bits per heavy atom. The molecule has 1 aromatic carbocycles. The molecule has 3 aliphatic rings. The van der Waals surface area contributed by atoms with Gasteiger partial charge in [0.05, 0.1) is 13.7 Å². The van der Waals surface area contributed by atoms with Gasteiger partial charge in [0.2, 0.25) is 5.91 Å². The predicted octanol–water partition coefficient (Wildman–Crippen LogP) is 2.32. The number of hydrogen-bond donors (Lipinski definition) is 2. The Balaban J connectivity index is 1.47. The molecule has 1 aliphatic carbocycles. The van der Waals surface area contributed by atoms with E-state index in [-0.39, 0.29) is 29.8 Å². The number of carbonyl (C=O) groups is 2. The van der Waals surface area contributed by atoms with Crippen molar-refractivity contribution in [1.29, 1.82) is 0 Å².